The first-order valence-corrected chi connectivity index (χ1v) is 10.0. The Balaban J connectivity index is 1.81. The lowest BCUT2D eigenvalue weighted by Gasteiger charge is -2.40. The largest absolute Gasteiger partial charge is 0.369 e. The fourth-order valence-corrected chi connectivity index (χ4v) is 5.11. The first-order chi connectivity index (χ1) is 12.2. The van der Waals surface area contributed by atoms with Crippen LogP contribution < -0.4 is 0 Å². The molecule has 0 radical (unpaired) electrons. The monoisotopic (exact) mass is 372 g/mol. The molecule has 2 heterocycles. The first-order valence-electron chi connectivity index (χ1n) is 8.66. The van der Waals surface area contributed by atoms with Crippen LogP contribution in [0, 0.1) is 0 Å². The van der Waals surface area contributed by atoms with Gasteiger partial charge in [0, 0.05) is 23.9 Å². The number of amidine groups is 1. The van der Waals surface area contributed by atoms with Crippen LogP contribution in [0.4, 0.5) is 0 Å². The number of halogens is 1. The van der Waals surface area contributed by atoms with Gasteiger partial charge in [-0.05, 0) is 36.1 Å². The molecule has 2 aliphatic rings. The lowest BCUT2D eigenvalue weighted by atomic mass is 9.82. The summed E-state index contributed by atoms with van der Waals surface area (Å²) in [5.41, 5.74) is 1.20. The van der Waals surface area contributed by atoms with Crippen LogP contribution in [0.2, 0.25) is 5.02 Å². The van der Waals surface area contributed by atoms with Crippen LogP contribution in [0.1, 0.15) is 29.9 Å². The molecule has 3 nitrogen and oxygen atoms in total. The highest BCUT2D eigenvalue weighted by atomic mass is 35.5. The van der Waals surface area contributed by atoms with Gasteiger partial charge in [-0.1, -0.05) is 65.8 Å². The van der Waals surface area contributed by atoms with Crippen LogP contribution in [-0.2, 0) is 0 Å². The average molecular weight is 373 g/mol. The second-order valence-corrected chi connectivity index (χ2v) is 7.96. The van der Waals surface area contributed by atoms with Crippen molar-refractivity contribution in [2.24, 2.45) is 4.99 Å². The summed E-state index contributed by atoms with van der Waals surface area (Å²) >= 11 is 7.76. The molecule has 0 aromatic heterocycles. The third kappa shape index (κ3) is 3.19. The molecule has 2 aromatic carbocycles. The van der Waals surface area contributed by atoms with E-state index in [1.165, 1.54) is 0 Å². The Hall–Kier alpha value is -1.49. The van der Waals surface area contributed by atoms with Crippen molar-refractivity contribution in [3.63, 3.8) is 0 Å². The van der Waals surface area contributed by atoms with Crippen LogP contribution in [0.5, 0.6) is 0 Å². The van der Waals surface area contributed by atoms with Crippen molar-refractivity contribution in [3.8, 4) is 0 Å². The van der Waals surface area contributed by atoms with E-state index in [1.807, 2.05) is 42.5 Å². The molecule has 25 heavy (non-hydrogen) atoms. The van der Waals surface area contributed by atoms with Crippen LogP contribution in [0.15, 0.2) is 59.6 Å². The predicted molar refractivity (Wildman–Crippen MR) is 105 cm³/mol. The Labute approximate surface area is 157 Å². The van der Waals surface area contributed by atoms with Gasteiger partial charge in [0.2, 0.25) is 0 Å². The normalized spacial score (nSPS) is 24.4. The summed E-state index contributed by atoms with van der Waals surface area (Å²) in [5.74, 6) is 0.470. The number of nitrogens with zero attached hydrogens (tertiary/aromatic N) is 2. The average Bonchev–Trinajstić information content (AvgIpc) is 2.81. The molecule has 0 aliphatic carbocycles. The van der Waals surface area contributed by atoms with E-state index < -0.39 is 5.72 Å². The molecule has 5 heteroatoms. The van der Waals surface area contributed by atoms with Gasteiger partial charge in [-0.2, -0.15) is 0 Å². The topological polar surface area (TPSA) is 35.8 Å². The second kappa shape index (κ2) is 7.02. The molecule has 1 N–H and O–H groups in total. The van der Waals surface area contributed by atoms with Crippen LogP contribution in [0.25, 0.3) is 0 Å². The summed E-state index contributed by atoms with van der Waals surface area (Å²) in [6.07, 6.45) is 2.13. The quantitative estimate of drug-likeness (QED) is 0.869. The molecule has 0 amide bonds. The molecule has 2 atom stereocenters. The molecule has 2 aliphatic heterocycles. The van der Waals surface area contributed by atoms with Crippen molar-refractivity contribution in [2.45, 2.75) is 24.5 Å². The van der Waals surface area contributed by atoms with E-state index >= 15 is 0 Å². The van der Waals surface area contributed by atoms with Crippen LogP contribution >= 0.6 is 23.4 Å². The molecule has 4 rings (SSSR count). The lowest BCUT2D eigenvalue weighted by Crippen LogP contribution is -2.52. The molecule has 0 bridgehead atoms. The van der Waals surface area contributed by atoms with E-state index in [2.05, 4.69) is 22.0 Å². The summed E-state index contributed by atoms with van der Waals surface area (Å²) in [6.45, 7) is 1.70. The van der Waals surface area contributed by atoms with E-state index in [-0.39, 0.29) is 5.92 Å². The van der Waals surface area contributed by atoms with E-state index in [0.29, 0.717) is 10.8 Å². The van der Waals surface area contributed by atoms with Crippen molar-refractivity contribution in [2.75, 3.05) is 18.8 Å². The number of hydrogen-bond acceptors (Lipinski definition) is 4. The predicted octanol–water partition coefficient (Wildman–Crippen LogP) is 4.36. The fraction of sp³-hybridized carbons (Fsp3) is 0.350. The van der Waals surface area contributed by atoms with Crippen LogP contribution in [0.3, 0.4) is 0 Å². The zero-order valence-corrected chi connectivity index (χ0v) is 15.5. The van der Waals surface area contributed by atoms with E-state index in [0.717, 1.165) is 42.2 Å². The molecule has 2 unspecified atom stereocenters. The van der Waals surface area contributed by atoms with Gasteiger partial charge < -0.3 is 10.0 Å². The molecule has 130 valence electrons. The number of thioether (sulfide) groups is 1. The van der Waals surface area contributed by atoms with E-state index in [4.69, 9.17) is 11.6 Å². The maximum Gasteiger partial charge on any atom is 0.161 e. The Morgan fingerprint density at radius 2 is 1.76 bits per heavy atom. The maximum absolute atomic E-state index is 11.8. The number of rotatable bonds is 3. The third-order valence-electron chi connectivity index (χ3n) is 4.95. The second-order valence-electron chi connectivity index (χ2n) is 6.59. The highest BCUT2D eigenvalue weighted by molar-refractivity contribution is 8.14. The zero-order chi connectivity index (χ0) is 17.3. The van der Waals surface area contributed by atoms with Gasteiger partial charge >= 0.3 is 0 Å². The van der Waals surface area contributed by atoms with Gasteiger partial charge in [0.25, 0.3) is 0 Å². The lowest BCUT2D eigenvalue weighted by molar-refractivity contribution is -0.0552. The van der Waals surface area contributed by atoms with Gasteiger partial charge in [-0.15, -0.1) is 0 Å². The molecule has 1 saturated heterocycles. The first kappa shape index (κ1) is 17.0. The van der Waals surface area contributed by atoms with Crippen molar-refractivity contribution in [1.82, 2.24) is 4.90 Å². The van der Waals surface area contributed by atoms with Gasteiger partial charge in [0.1, 0.15) is 0 Å². The van der Waals surface area contributed by atoms with Crippen molar-refractivity contribution < 1.29 is 5.11 Å². The third-order valence-corrected chi connectivity index (χ3v) is 6.38. The van der Waals surface area contributed by atoms with E-state index in [1.54, 1.807) is 11.8 Å². The minimum atomic E-state index is -0.983. The fourth-order valence-electron chi connectivity index (χ4n) is 3.74. The smallest absolute Gasteiger partial charge is 0.161 e. The summed E-state index contributed by atoms with van der Waals surface area (Å²) in [5, 5.41) is 13.5. The highest BCUT2D eigenvalue weighted by Crippen LogP contribution is 2.45. The minimum Gasteiger partial charge on any atom is -0.369 e. The Morgan fingerprint density at radius 1 is 1.04 bits per heavy atom. The number of hydrogen-bond donors (Lipinski definition) is 1. The summed E-state index contributed by atoms with van der Waals surface area (Å²) in [4.78, 5) is 6.81. The van der Waals surface area contributed by atoms with Gasteiger partial charge in [0.15, 0.2) is 10.9 Å². The summed E-state index contributed by atoms with van der Waals surface area (Å²) < 4.78 is 0. The minimum absolute atomic E-state index is 0.149. The Kier molecular flexibility index (Phi) is 4.76. The molecular weight excluding hydrogens is 352 g/mol. The number of fused-ring (bicyclic) bond motifs is 1. The van der Waals surface area contributed by atoms with Crippen LogP contribution in [-0.4, -0.2) is 39.7 Å². The van der Waals surface area contributed by atoms with Gasteiger partial charge in [-0.3, -0.25) is 4.99 Å². The molecular formula is C20H21ClN2OS. The van der Waals surface area contributed by atoms with E-state index in [9.17, 15) is 5.11 Å². The Bertz CT molecular complexity index is 765. The number of benzene rings is 2. The van der Waals surface area contributed by atoms with Crippen molar-refractivity contribution in [1.29, 1.82) is 0 Å². The SMILES string of the molecule is OC1(C(c2ccccc2)c2ccc(Cl)cc2)CSC2=NCCCCN21. The highest BCUT2D eigenvalue weighted by Gasteiger charge is 2.50. The standard InChI is InChI=1S/C20H21ClN2OS/c21-17-10-8-16(9-11-17)18(15-6-2-1-3-7-15)20(24)14-25-19-22-12-4-5-13-23(19)20/h1-3,6-11,18,24H,4-5,12-14H2. The molecule has 0 spiro atoms. The Morgan fingerprint density at radius 3 is 2.52 bits per heavy atom. The van der Waals surface area contributed by atoms with Gasteiger partial charge in [-0.25, -0.2) is 0 Å². The molecule has 1 fully saturated rings. The van der Waals surface area contributed by atoms with Crippen molar-refractivity contribution in [3.05, 3.63) is 70.7 Å². The molecule has 0 saturated carbocycles. The number of aliphatic imine (C=N–C) groups is 1. The zero-order valence-electron chi connectivity index (χ0n) is 13.9. The molecule has 2 aromatic rings. The van der Waals surface area contributed by atoms with Crippen molar-refractivity contribution >= 4 is 28.5 Å². The number of aliphatic hydroxyl groups is 1. The summed E-state index contributed by atoms with van der Waals surface area (Å²) in [6, 6.07) is 18.1. The summed E-state index contributed by atoms with van der Waals surface area (Å²) in [7, 11) is 0. The maximum atomic E-state index is 11.8. The van der Waals surface area contributed by atoms with Gasteiger partial charge in [0.05, 0.1) is 5.92 Å².